The summed E-state index contributed by atoms with van der Waals surface area (Å²) in [6.07, 6.45) is 1.65. The van der Waals surface area contributed by atoms with Crippen LogP contribution in [-0.4, -0.2) is 22.2 Å². The first-order valence-electron chi connectivity index (χ1n) is 8.49. The highest BCUT2D eigenvalue weighted by molar-refractivity contribution is 6.42. The van der Waals surface area contributed by atoms with Gasteiger partial charge in [-0.15, -0.1) is 0 Å². The fraction of sp³-hybridized carbons (Fsp3) is 0.238. The summed E-state index contributed by atoms with van der Waals surface area (Å²) < 4.78 is 1.44. The Morgan fingerprint density at radius 2 is 1.76 bits per heavy atom. The third kappa shape index (κ3) is 4.93. The van der Waals surface area contributed by atoms with Crippen molar-refractivity contribution >= 4 is 57.2 Å². The van der Waals surface area contributed by atoms with Gasteiger partial charge in [-0.25, -0.2) is 0 Å². The second kappa shape index (κ2) is 9.63. The molecule has 0 aliphatic carbocycles. The van der Waals surface area contributed by atoms with Crippen LogP contribution in [0.5, 0.6) is 0 Å². The molecule has 3 rings (SSSR count). The summed E-state index contributed by atoms with van der Waals surface area (Å²) in [4.78, 5) is 25.2. The van der Waals surface area contributed by atoms with E-state index in [0.29, 0.717) is 37.1 Å². The van der Waals surface area contributed by atoms with Gasteiger partial charge in [0.15, 0.2) is 0 Å². The van der Waals surface area contributed by atoms with Gasteiger partial charge in [-0.05, 0) is 42.8 Å². The number of hydrogen-bond acceptors (Lipinski definition) is 3. The topological polar surface area (TPSA) is 71.3 Å². The zero-order valence-electron chi connectivity index (χ0n) is 14.9. The molecular weight excluding hydrogens is 435 g/mol. The molecule has 0 radical (unpaired) electrons. The van der Waals surface area contributed by atoms with Crippen molar-refractivity contribution in [1.82, 2.24) is 4.57 Å². The van der Waals surface area contributed by atoms with Gasteiger partial charge in [-0.1, -0.05) is 48.3 Å². The van der Waals surface area contributed by atoms with E-state index in [9.17, 15) is 14.7 Å². The number of carbonyl (C=O) groups excluding carboxylic acids is 1. The van der Waals surface area contributed by atoms with Gasteiger partial charge in [-0.3, -0.25) is 9.59 Å². The lowest BCUT2D eigenvalue weighted by Crippen LogP contribution is -2.25. The minimum Gasteiger partial charge on any atom is -0.394 e. The summed E-state index contributed by atoms with van der Waals surface area (Å²) in [5, 5.41) is 14.1. The van der Waals surface area contributed by atoms with Crippen molar-refractivity contribution in [2.24, 2.45) is 0 Å². The summed E-state index contributed by atoms with van der Waals surface area (Å²) in [5.41, 5.74) is 0.795. The maximum atomic E-state index is 12.7. The van der Waals surface area contributed by atoms with Gasteiger partial charge in [0, 0.05) is 17.0 Å². The number of aliphatic hydroxyl groups is 1. The number of pyridine rings is 1. The standard InChI is InChI=1S/C20H17Cl3N2O3.CH4/c1-11(10-26)25-7-6-13-14(20(25)28)3-5-16(22)19(13)24-18(27)9-12-2-4-15(21)17(23)8-12;/h2-8,11,26H,9-10H2,1H3,(H,24,27);1H4/t11-;/m1./s1. The van der Waals surface area contributed by atoms with Crippen LogP contribution >= 0.6 is 34.8 Å². The molecule has 2 N–H and O–H groups in total. The highest BCUT2D eigenvalue weighted by Gasteiger charge is 2.15. The van der Waals surface area contributed by atoms with Crippen LogP contribution in [0.25, 0.3) is 10.8 Å². The minimum atomic E-state index is -0.361. The first-order valence-corrected chi connectivity index (χ1v) is 9.63. The summed E-state index contributed by atoms with van der Waals surface area (Å²) in [6, 6.07) is 9.48. The molecule has 0 aliphatic heterocycles. The molecule has 0 spiro atoms. The molecule has 3 aromatic rings. The molecule has 5 nitrogen and oxygen atoms in total. The second-order valence-electron chi connectivity index (χ2n) is 6.42. The van der Waals surface area contributed by atoms with Crippen LogP contribution < -0.4 is 10.9 Å². The maximum Gasteiger partial charge on any atom is 0.258 e. The Morgan fingerprint density at radius 1 is 1.07 bits per heavy atom. The SMILES string of the molecule is C.C[C@H](CO)n1ccc2c(NC(=O)Cc3ccc(Cl)c(Cl)c3)c(Cl)ccc2c1=O. The highest BCUT2D eigenvalue weighted by Crippen LogP contribution is 2.30. The van der Waals surface area contributed by atoms with E-state index in [1.807, 2.05) is 0 Å². The summed E-state index contributed by atoms with van der Waals surface area (Å²) in [7, 11) is 0. The van der Waals surface area contributed by atoms with E-state index in [2.05, 4.69) is 5.32 Å². The van der Waals surface area contributed by atoms with Crippen LogP contribution in [0.4, 0.5) is 5.69 Å². The molecule has 8 heteroatoms. The highest BCUT2D eigenvalue weighted by atomic mass is 35.5. The predicted octanol–water partition coefficient (Wildman–Crippen LogP) is 5.33. The number of carbonyl (C=O) groups is 1. The number of fused-ring (bicyclic) bond motifs is 1. The fourth-order valence-electron chi connectivity index (χ4n) is 2.89. The Labute approximate surface area is 183 Å². The van der Waals surface area contributed by atoms with E-state index in [1.54, 1.807) is 49.5 Å². The average Bonchev–Trinajstić information content (AvgIpc) is 2.66. The summed E-state index contributed by atoms with van der Waals surface area (Å²) in [6.45, 7) is 1.58. The van der Waals surface area contributed by atoms with Crippen LogP contribution in [0.1, 0.15) is 26.0 Å². The lowest BCUT2D eigenvalue weighted by molar-refractivity contribution is -0.115. The van der Waals surface area contributed by atoms with Crippen molar-refractivity contribution in [3.63, 3.8) is 0 Å². The quantitative estimate of drug-likeness (QED) is 0.546. The molecule has 0 saturated heterocycles. The molecular formula is C21H21Cl3N2O3. The molecule has 154 valence electrons. The normalized spacial score (nSPS) is 11.8. The van der Waals surface area contributed by atoms with Gasteiger partial charge in [0.1, 0.15) is 0 Å². The van der Waals surface area contributed by atoms with Crippen molar-refractivity contribution in [2.75, 3.05) is 11.9 Å². The van der Waals surface area contributed by atoms with E-state index in [4.69, 9.17) is 34.8 Å². The number of aliphatic hydroxyl groups excluding tert-OH is 1. The maximum absolute atomic E-state index is 12.7. The molecule has 0 fully saturated rings. The third-order valence-electron chi connectivity index (χ3n) is 4.41. The molecule has 0 saturated carbocycles. The van der Waals surface area contributed by atoms with Gasteiger partial charge in [-0.2, -0.15) is 0 Å². The van der Waals surface area contributed by atoms with Crippen molar-refractivity contribution in [1.29, 1.82) is 0 Å². The number of hydrogen-bond donors (Lipinski definition) is 2. The molecule has 1 atom stereocenters. The largest absolute Gasteiger partial charge is 0.394 e. The smallest absolute Gasteiger partial charge is 0.258 e. The molecule has 1 amide bonds. The Hall–Kier alpha value is -2.05. The second-order valence-corrected chi connectivity index (χ2v) is 7.64. The molecule has 0 aliphatic rings. The molecule has 1 heterocycles. The monoisotopic (exact) mass is 454 g/mol. The first-order chi connectivity index (χ1) is 13.3. The molecule has 1 aromatic heterocycles. The molecule has 0 unspecified atom stereocenters. The van der Waals surface area contributed by atoms with Crippen LogP contribution in [0.15, 0.2) is 47.4 Å². The van der Waals surface area contributed by atoms with Crippen molar-refractivity contribution in [2.45, 2.75) is 26.8 Å². The Bertz CT molecular complexity index is 1110. The number of halogens is 3. The Balaban J connectivity index is 0.00000300. The molecule has 0 bridgehead atoms. The van der Waals surface area contributed by atoms with Gasteiger partial charge >= 0.3 is 0 Å². The number of nitrogens with zero attached hydrogens (tertiary/aromatic N) is 1. The number of benzene rings is 2. The molecule has 2 aromatic carbocycles. The zero-order valence-corrected chi connectivity index (χ0v) is 17.1. The lowest BCUT2D eigenvalue weighted by atomic mass is 10.1. The number of amides is 1. The Kier molecular flexibility index (Phi) is 7.72. The van der Waals surface area contributed by atoms with Gasteiger partial charge < -0.3 is 15.0 Å². The summed E-state index contributed by atoms with van der Waals surface area (Å²) in [5.74, 6) is -0.305. The molecule has 29 heavy (non-hydrogen) atoms. The van der Waals surface area contributed by atoms with Crippen molar-refractivity contribution in [3.8, 4) is 0 Å². The Morgan fingerprint density at radius 3 is 2.41 bits per heavy atom. The van der Waals surface area contributed by atoms with Gasteiger partial charge in [0.05, 0.1) is 39.8 Å². The number of nitrogens with one attached hydrogen (secondary N) is 1. The fourth-order valence-corrected chi connectivity index (χ4v) is 3.43. The number of rotatable bonds is 5. The van der Waals surface area contributed by atoms with Crippen LogP contribution in [-0.2, 0) is 11.2 Å². The number of aromatic nitrogens is 1. The first kappa shape index (κ1) is 23.2. The van der Waals surface area contributed by atoms with Crippen LogP contribution in [0, 0.1) is 0 Å². The van der Waals surface area contributed by atoms with E-state index >= 15 is 0 Å². The predicted molar refractivity (Wildman–Crippen MR) is 121 cm³/mol. The van der Waals surface area contributed by atoms with Crippen molar-refractivity contribution < 1.29 is 9.90 Å². The number of anilines is 1. The lowest BCUT2D eigenvalue weighted by Gasteiger charge is -2.15. The average molecular weight is 456 g/mol. The van der Waals surface area contributed by atoms with Crippen molar-refractivity contribution in [3.05, 3.63) is 73.6 Å². The summed E-state index contributed by atoms with van der Waals surface area (Å²) >= 11 is 18.2. The van der Waals surface area contributed by atoms with E-state index < -0.39 is 0 Å². The van der Waals surface area contributed by atoms with E-state index in [0.717, 1.165) is 0 Å². The van der Waals surface area contributed by atoms with E-state index in [-0.39, 0.29) is 38.0 Å². The third-order valence-corrected chi connectivity index (χ3v) is 5.47. The van der Waals surface area contributed by atoms with Crippen LogP contribution in [0.2, 0.25) is 15.1 Å². The van der Waals surface area contributed by atoms with Crippen LogP contribution in [0.3, 0.4) is 0 Å². The van der Waals surface area contributed by atoms with Gasteiger partial charge in [0.25, 0.3) is 5.56 Å². The zero-order chi connectivity index (χ0) is 20.4. The van der Waals surface area contributed by atoms with Gasteiger partial charge in [0.2, 0.25) is 5.91 Å². The van der Waals surface area contributed by atoms with E-state index in [1.165, 1.54) is 4.57 Å². The minimum absolute atomic E-state index is 0.